The molecule has 2 N–H and O–H groups in total. The van der Waals surface area contributed by atoms with Gasteiger partial charge in [-0.05, 0) is 25.0 Å². The third kappa shape index (κ3) is 2.46. The Hall–Kier alpha value is -2.67. The smallest absolute Gasteiger partial charge is 0.282 e. The number of benzene rings is 1. The van der Waals surface area contributed by atoms with E-state index in [1.54, 1.807) is 18.0 Å². The standard InChI is InChI=1S/C17H19N5O2/c1-23-13-11-22(12-7-3-2-4-8-12)20-14(13)15-19-16(21-24-15)17(18)9-5-6-10-17/h2-4,7-8,11H,5-6,9-10,18H2,1H3. The van der Waals surface area contributed by atoms with Crippen molar-refractivity contribution in [3.63, 3.8) is 0 Å². The molecule has 2 heterocycles. The van der Waals surface area contributed by atoms with E-state index in [1.165, 1.54) is 0 Å². The molecule has 0 radical (unpaired) electrons. The summed E-state index contributed by atoms with van der Waals surface area (Å²) in [4.78, 5) is 4.49. The van der Waals surface area contributed by atoms with Crippen LogP contribution in [-0.2, 0) is 5.54 Å². The molecule has 0 amide bonds. The second kappa shape index (κ2) is 5.76. The van der Waals surface area contributed by atoms with Crippen molar-refractivity contribution >= 4 is 0 Å². The molecule has 3 aromatic rings. The highest BCUT2D eigenvalue weighted by atomic mass is 16.5. The molecular formula is C17H19N5O2. The van der Waals surface area contributed by atoms with Crippen LogP contribution >= 0.6 is 0 Å². The van der Waals surface area contributed by atoms with Crippen molar-refractivity contribution < 1.29 is 9.26 Å². The zero-order chi connectivity index (χ0) is 16.6. The Balaban J connectivity index is 1.72. The van der Waals surface area contributed by atoms with Gasteiger partial charge in [-0.2, -0.15) is 10.1 Å². The summed E-state index contributed by atoms with van der Waals surface area (Å²) >= 11 is 0. The fourth-order valence-corrected chi connectivity index (χ4v) is 3.12. The van der Waals surface area contributed by atoms with Gasteiger partial charge in [0.2, 0.25) is 0 Å². The van der Waals surface area contributed by atoms with E-state index in [-0.39, 0.29) is 0 Å². The SMILES string of the molecule is COc1cn(-c2ccccc2)nc1-c1nc(C2(N)CCCC2)no1. The fraction of sp³-hybridized carbons (Fsp3) is 0.353. The van der Waals surface area contributed by atoms with Crippen molar-refractivity contribution in [3.8, 4) is 23.0 Å². The second-order valence-corrected chi connectivity index (χ2v) is 6.11. The van der Waals surface area contributed by atoms with Crippen LogP contribution in [0.25, 0.3) is 17.3 Å². The zero-order valence-corrected chi connectivity index (χ0v) is 13.5. The van der Waals surface area contributed by atoms with Crippen LogP contribution in [0.15, 0.2) is 41.1 Å². The minimum Gasteiger partial charge on any atom is -0.493 e. The quantitative estimate of drug-likeness (QED) is 0.793. The molecule has 1 aromatic carbocycles. The van der Waals surface area contributed by atoms with E-state index in [0.717, 1.165) is 31.4 Å². The number of rotatable bonds is 4. The Kier molecular flexibility index (Phi) is 3.57. The lowest BCUT2D eigenvalue weighted by atomic mass is 9.99. The first-order valence-electron chi connectivity index (χ1n) is 8.02. The van der Waals surface area contributed by atoms with E-state index in [2.05, 4.69) is 15.2 Å². The highest BCUT2D eigenvalue weighted by molar-refractivity contribution is 5.57. The van der Waals surface area contributed by atoms with Crippen LogP contribution in [0, 0.1) is 0 Å². The van der Waals surface area contributed by atoms with Crippen molar-refractivity contribution in [2.45, 2.75) is 31.2 Å². The van der Waals surface area contributed by atoms with Gasteiger partial charge < -0.3 is 15.0 Å². The minimum atomic E-state index is -0.489. The molecule has 1 fully saturated rings. The lowest BCUT2D eigenvalue weighted by Gasteiger charge is -2.17. The molecule has 7 heteroatoms. The van der Waals surface area contributed by atoms with Crippen molar-refractivity contribution in [1.82, 2.24) is 19.9 Å². The fourth-order valence-electron chi connectivity index (χ4n) is 3.12. The van der Waals surface area contributed by atoms with Gasteiger partial charge in [0.25, 0.3) is 5.89 Å². The van der Waals surface area contributed by atoms with Crippen molar-refractivity contribution in [2.75, 3.05) is 7.11 Å². The molecule has 124 valence electrons. The van der Waals surface area contributed by atoms with Gasteiger partial charge in [-0.25, -0.2) is 4.68 Å². The lowest BCUT2D eigenvalue weighted by molar-refractivity contribution is 0.370. The van der Waals surface area contributed by atoms with Gasteiger partial charge in [0.15, 0.2) is 17.3 Å². The normalized spacial score (nSPS) is 16.4. The van der Waals surface area contributed by atoms with Gasteiger partial charge in [-0.3, -0.25) is 0 Å². The Morgan fingerprint density at radius 1 is 1.21 bits per heavy atom. The number of methoxy groups -OCH3 is 1. The van der Waals surface area contributed by atoms with Crippen molar-refractivity contribution in [2.24, 2.45) is 5.73 Å². The first-order valence-corrected chi connectivity index (χ1v) is 8.02. The number of para-hydroxylation sites is 1. The molecule has 1 saturated carbocycles. The van der Waals surface area contributed by atoms with E-state index in [1.807, 2.05) is 30.3 Å². The summed E-state index contributed by atoms with van der Waals surface area (Å²) in [7, 11) is 1.59. The molecule has 0 atom stereocenters. The molecule has 4 rings (SSSR count). The number of hydrogen-bond donors (Lipinski definition) is 1. The van der Waals surface area contributed by atoms with E-state index in [4.69, 9.17) is 15.0 Å². The van der Waals surface area contributed by atoms with Crippen LogP contribution in [0.5, 0.6) is 5.75 Å². The summed E-state index contributed by atoms with van der Waals surface area (Å²) in [6.45, 7) is 0. The predicted octanol–water partition coefficient (Wildman–Crippen LogP) is 2.66. The van der Waals surface area contributed by atoms with Crippen molar-refractivity contribution in [3.05, 3.63) is 42.4 Å². The Bertz CT molecular complexity index is 834. The van der Waals surface area contributed by atoms with Crippen molar-refractivity contribution in [1.29, 1.82) is 0 Å². The maximum atomic E-state index is 6.40. The van der Waals surface area contributed by atoms with Crippen LogP contribution in [0.2, 0.25) is 0 Å². The number of aromatic nitrogens is 4. The molecule has 0 saturated heterocycles. The van der Waals surface area contributed by atoms with E-state index in [9.17, 15) is 0 Å². The number of ether oxygens (including phenoxy) is 1. The van der Waals surface area contributed by atoms with Gasteiger partial charge in [-0.1, -0.05) is 36.2 Å². The third-order valence-corrected chi connectivity index (χ3v) is 4.49. The average molecular weight is 325 g/mol. The topological polar surface area (TPSA) is 92.0 Å². The van der Waals surface area contributed by atoms with Gasteiger partial charge in [-0.15, -0.1) is 0 Å². The largest absolute Gasteiger partial charge is 0.493 e. The first-order chi connectivity index (χ1) is 11.7. The summed E-state index contributed by atoms with van der Waals surface area (Å²) < 4.78 is 12.6. The molecule has 0 spiro atoms. The van der Waals surface area contributed by atoms with E-state index < -0.39 is 5.54 Å². The molecule has 2 aromatic heterocycles. The molecule has 24 heavy (non-hydrogen) atoms. The monoisotopic (exact) mass is 325 g/mol. The maximum Gasteiger partial charge on any atom is 0.282 e. The predicted molar refractivity (Wildman–Crippen MR) is 87.7 cm³/mol. The number of hydrogen-bond acceptors (Lipinski definition) is 6. The van der Waals surface area contributed by atoms with Gasteiger partial charge in [0.1, 0.15) is 0 Å². The molecule has 1 aliphatic rings. The molecule has 0 bridgehead atoms. The van der Waals surface area contributed by atoms with Gasteiger partial charge in [0, 0.05) is 0 Å². The first kappa shape index (κ1) is 14.9. The third-order valence-electron chi connectivity index (χ3n) is 4.49. The summed E-state index contributed by atoms with van der Waals surface area (Å²) in [6, 6.07) is 9.78. The highest BCUT2D eigenvalue weighted by Gasteiger charge is 2.36. The number of nitrogens with two attached hydrogens (primary N) is 1. The van der Waals surface area contributed by atoms with E-state index in [0.29, 0.717) is 23.2 Å². The minimum absolute atomic E-state index is 0.327. The Morgan fingerprint density at radius 2 is 1.96 bits per heavy atom. The molecule has 7 nitrogen and oxygen atoms in total. The van der Waals surface area contributed by atoms with Gasteiger partial charge in [0.05, 0.1) is 24.5 Å². The Labute approximate surface area is 139 Å². The summed E-state index contributed by atoms with van der Waals surface area (Å²) in [5.74, 6) is 1.45. The average Bonchev–Trinajstić information content (AvgIpc) is 3.34. The van der Waals surface area contributed by atoms with Crippen LogP contribution in [0.1, 0.15) is 31.5 Å². The second-order valence-electron chi connectivity index (χ2n) is 6.11. The summed E-state index contributed by atoms with van der Waals surface area (Å²) in [6.07, 6.45) is 5.73. The maximum absolute atomic E-state index is 6.40. The molecule has 0 unspecified atom stereocenters. The van der Waals surface area contributed by atoms with Crippen LogP contribution < -0.4 is 10.5 Å². The van der Waals surface area contributed by atoms with Crippen LogP contribution in [0.4, 0.5) is 0 Å². The Morgan fingerprint density at radius 3 is 2.67 bits per heavy atom. The summed E-state index contributed by atoms with van der Waals surface area (Å²) in [5.41, 5.74) is 7.35. The highest BCUT2D eigenvalue weighted by Crippen LogP contribution is 2.36. The molecule has 1 aliphatic carbocycles. The molecule has 0 aliphatic heterocycles. The van der Waals surface area contributed by atoms with E-state index >= 15 is 0 Å². The lowest BCUT2D eigenvalue weighted by Crippen LogP contribution is -2.34. The zero-order valence-electron chi connectivity index (χ0n) is 13.5. The summed E-state index contributed by atoms with van der Waals surface area (Å²) in [5, 5.41) is 8.63. The van der Waals surface area contributed by atoms with Gasteiger partial charge >= 0.3 is 0 Å². The van der Waals surface area contributed by atoms with Crippen LogP contribution in [0.3, 0.4) is 0 Å². The number of nitrogens with zero attached hydrogens (tertiary/aromatic N) is 4. The van der Waals surface area contributed by atoms with Crippen LogP contribution in [-0.4, -0.2) is 27.0 Å². The molecular weight excluding hydrogens is 306 g/mol.